The molecule has 2 heterocycles. The van der Waals surface area contributed by atoms with Crippen molar-refractivity contribution in [2.75, 3.05) is 24.5 Å². The van der Waals surface area contributed by atoms with Gasteiger partial charge in [-0.25, -0.2) is 4.79 Å². The number of amides is 1. The van der Waals surface area contributed by atoms with Gasteiger partial charge in [0, 0.05) is 12.6 Å². The number of carbonyl (C=O) groups is 2. The van der Waals surface area contributed by atoms with Crippen LogP contribution >= 0.6 is 0 Å². The molecule has 1 aromatic carbocycles. The summed E-state index contributed by atoms with van der Waals surface area (Å²) in [5.41, 5.74) is 2.37. The van der Waals surface area contributed by atoms with Crippen molar-refractivity contribution in [1.82, 2.24) is 4.90 Å². The molecule has 0 aromatic heterocycles. The van der Waals surface area contributed by atoms with Crippen molar-refractivity contribution in [1.29, 1.82) is 0 Å². The van der Waals surface area contributed by atoms with E-state index >= 15 is 0 Å². The van der Waals surface area contributed by atoms with Gasteiger partial charge >= 0.3 is 5.97 Å². The van der Waals surface area contributed by atoms with Crippen LogP contribution < -0.4 is 9.64 Å². The van der Waals surface area contributed by atoms with Gasteiger partial charge in [0.2, 0.25) is 5.91 Å². The lowest BCUT2D eigenvalue weighted by molar-refractivity contribution is -0.133. The molecule has 2 bridgehead atoms. The molecule has 0 spiro atoms. The second-order valence-electron chi connectivity index (χ2n) is 9.54. The van der Waals surface area contributed by atoms with Crippen LogP contribution in [0, 0.1) is 17.8 Å². The molecule has 2 fully saturated rings. The minimum absolute atomic E-state index is 0.123. The molecule has 2 unspecified atom stereocenters. The molecule has 26 heavy (non-hydrogen) atoms. The molecular formula is C21H28N2O3. The fraction of sp³-hybridized carbons (Fsp3) is 0.619. The van der Waals surface area contributed by atoms with Crippen molar-refractivity contribution in [2.45, 2.75) is 53.0 Å². The van der Waals surface area contributed by atoms with E-state index in [9.17, 15) is 9.59 Å². The van der Waals surface area contributed by atoms with Crippen LogP contribution in [0.1, 0.15) is 45.6 Å². The van der Waals surface area contributed by atoms with Crippen LogP contribution in [-0.2, 0) is 9.59 Å². The molecule has 140 valence electrons. The summed E-state index contributed by atoms with van der Waals surface area (Å²) in [6.45, 7) is 10.1. The molecule has 1 aromatic rings. The van der Waals surface area contributed by atoms with Gasteiger partial charge < -0.3 is 14.5 Å². The number of nitrogens with zero attached hydrogens (tertiary/aromatic N) is 2. The lowest BCUT2D eigenvalue weighted by Crippen LogP contribution is -2.46. The molecule has 2 aliphatic heterocycles. The Labute approximate surface area is 155 Å². The molecule has 1 saturated heterocycles. The Morgan fingerprint density at radius 1 is 1.27 bits per heavy atom. The number of ether oxygens (including phenoxy) is 1. The normalized spacial score (nSPS) is 29.4. The number of hydrogen-bond acceptors (Lipinski definition) is 4. The van der Waals surface area contributed by atoms with Crippen LogP contribution in [-0.4, -0.2) is 42.5 Å². The Balaban J connectivity index is 1.54. The molecule has 0 N–H and O–H groups in total. The molecular weight excluding hydrogens is 328 g/mol. The van der Waals surface area contributed by atoms with Gasteiger partial charge in [-0.05, 0) is 54.7 Å². The molecule has 2 atom stereocenters. The van der Waals surface area contributed by atoms with Crippen molar-refractivity contribution in [2.24, 2.45) is 10.8 Å². The second-order valence-corrected chi connectivity index (χ2v) is 9.54. The fourth-order valence-electron chi connectivity index (χ4n) is 5.51. The Kier molecular flexibility index (Phi) is 3.83. The maximum atomic E-state index is 13.1. The highest BCUT2D eigenvalue weighted by Gasteiger charge is 2.51. The Hall–Kier alpha value is -2.04. The highest BCUT2D eigenvalue weighted by atomic mass is 16.5. The zero-order chi connectivity index (χ0) is 18.7. The van der Waals surface area contributed by atoms with E-state index in [-0.39, 0.29) is 35.8 Å². The summed E-state index contributed by atoms with van der Waals surface area (Å²) in [6, 6.07) is 6.11. The van der Waals surface area contributed by atoms with Gasteiger partial charge in [-0.2, -0.15) is 0 Å². The lowest BCUT2D eigenvalue weighted by Gasteiger charge is -2.39. The fourth-order valence-corrected chi connectivity index (χ4v) is 5.51. The summed E-state index contributed by atoms with van der Waals surface area (Å²) in [5.74, 6) is 0.379. The zero-order valence-electron chi connectivity index (χ0n) is 16.2. The van der Waals surface area contributed by atoms with Gasteiger partial charge in [0.1, 0.15) is 6.54 Å². The largest absolute Gasteiger partial charge is 0.423 e. The number of benzene rings is 1. The maximum Gasteiger partial charge on any atom is 0.331 e. The summed E-state index contributed by atoms with van der Waals surface area (Å²) in [5, 5.41) is 0. The Bertz CT molecular complexity index is 773. The van der Waals surface area contributed by atoms with Gasteiger partial charge in [-0.3, -0.25) is 4.79 Å². The zero-order valence-corrected chi connectivity index (χ0v) is 16.2. The molecule has 5 nitrogen and oxygen atoms in total. The van der Waals surface area contributed by atoms with Crippen molar-refractivity contribution < 1.29 is 14.3 Å². The Morgan fingerprint density at radius 2 is 2.04 bits per heavy atom. The van der Waals surface area contributed by atoms with Crippen LogP contribution in [0.3, 0.4) is 0 Å². The summed E-state index contributed by atoms with van der Waals surface area (Å²) in [6.07, 6.45) is 3.32. The van der Waals surface area contributed by atoms with E-state index in [1.54, 1.807) is 0 Å². The topological polar surface area (TPSA) is 49.9 Å². The van der Waals surface area contributed by atoms with Crippen LogP contribution in [0.25, 0.3) is 0 Å². The first kappa shape index (κ1) is 17.4. The highest BCUT2D eigenvalue weighted by Crippen LogP contribution is 2.52. The van der Waals surface area contributed by atoms with E-state index in [1.807, 2.05) is 30.0 Å². The third-order valence-corrected chi connectivity index (χ3v) is 6.06. The Morgan fingerprint density at radius 3 is 2.81 bits per heavy atom. The standard InChI is InChI=1S/C21H28N2O3/c1-14-5-6-16-17(7-14)26-19(25)11-22(16)10-18(24)23-13-21(4)9-15(23)8-20(2,3)12-21/h5-7,15H,8-13H2,1-4H3. The third kappa shape index (κ3) is 3.08. The van der Waals surface area contributed by atoms with Crippen molar-refractivity contribution >= 4 is 17.6 Å². The first-order valence-corrected chi connectivity index (χ1v) is 9.50. The number of aryl methyl sites for hydroxylation is 1. The monoisotopic (exact) mass is 356 g/mol. The average Bonchev–Trinajstić information content (AvgIpc) is 2.75. The van der Waals surface area contributed by atoms with Crippen LogP contribution in [0.2, 0.25) is 0 Å². The average molecular weight is 356 g/mol. The van der Waals surface area contributed by atoms with Crippen LogP contribution in [0.15, 0.2) is 18.2 Å². The van der Waals surface area contributed by atoms with E-state index < -0.39 is 0 Å². The number of hydrogen-bond donors (Lipinski definition) is 0. The molecule has 5 heteroatoms. The van der Waals surface area contributed by atoms with Gasteiger partial charge in [-0.1, -0.05) is 26.8 Å². The maximum absolute atomic E-state index is 13.1. The lowest BCUT2D eigenvalue weighted by atomic mass is 9.65. The smallest absolute Gasteiger partial charge is 0.331 e. The molecule has 4 rings (SSSR count). The molecule has 0 radical (unpaired) electrons. The van der Waals surface area contributed by atoms with Gasteiger partial charge in [-0.15, -0.1) is 0 Å². The minimum atomic E-state index is -0.302. The predicted octanol–water partition coefficient (Wildman–Crippen LogP) is 3.15. The summed E-state index contributed by atoms with van der Waals surface area (Å²) < 4.78 is 5.36. The van der Waals surface area contributed by atoms with E-state index in [0.717, 1.165) is 30.6 Å². The number of likely N-dealkylation sites (tertiary alicyclic amines) is 1. The first-order valence-electron chi connectivity index (χ1n) is 9.50. The highest BCUT2D eigenvalue weighted by molar-refractivity contribution is 5.89. The summed E-state index contributed by atoms with van der Waals surface area (Å²) in [4.78, 5) is 29.0. The van der Waals surface area contributed by atoms with Crippen LogP contribution in [0.4, 0.5) is 5.69 Å². The SMILES string of the molecule is Cc1ccc2c(c1)OC(=O)CN2CC(=O)N1CC2(C)CC1CC(C)(C)C2. The van der Waals surface area contributed by atoms with Gasteiger partial charge in [0.05, 0.1) is 12.2 Å². The number of fused-ring (bicyclic) bond motifs is 3. The van der Waals surface area contributed by atoms with E-state index in [1.165, 1.54) is 6.42 Å². The predicted molar refractivity (Wildman–Crippen MR) is 100 cm³/mol. The van der Waals surface area contributed by atoms with E-state index in [2.05, 4.69) is 25.7 Å². The second kappa shape index (κ2) is 5.73. The molecule has 3 aliphatic rings. The van der Waals surface area contributed by atoms with E-state index in [4.69, 9.17) is 4.74 Å². The number of anilines is 1. The minimum Gasteiger partial charge on any atom is -0.423 e. The van der Waals surface area contributed by atoms with E-state index in [0.29, 0.717) is 11.8 Å². The summed E-state index contributed by atoms with van der Waals surface area (Å²) >= 11 is 0. The molecule has 1 saturated carbocycles. The molecule has 1 amide bonds. The summed E-state index contributed by atoms with van der Waals surface area (Å²) in [7, 11) is 0. The number of carbonyl (C=O) groups excluding carboxylic acids is 2. The number of rotatable bonds is 2. The molecule has 1 aliphatic carbocycles. The quantitative estimate of drug-likeness (QED) is 0.603. The third-order valence-electron chi connectivity index (χ3n) is 6.06. The van der Waals surface area contributed by atoms with Gasteiger partial charge in [0.25, 0.3) is 0 Å². The number of esters is 1. The van der Waals surface area contributed by atoms with Crippen molar-refractivity contribution in [3.8, 4) is 5.75 Å². The van der Waals surface area contributed by atoms with Crippen molar-refractivity contribution in [3.63, 3.8) is 0 Å². The first-order chi connectivity index (χ1) is 12.1. The van der Waals surface area contributed by atoms with Crippen molar-refractivity contribution in [3.05, 3.63) is 23.8 Å². The van der Waals surface area contributed by atoms with Crippen LogP contribution in [0.5, 0.6) is 5.75 Å². The van der Waals surface area contributed by atoms with Gasteiger partial charge in [0.15, 0.2) is 5.75 Å².